The molecular weight excluding hydrogens is 194 g/mol. The molecular formula is C11H15NO3. The van der Waals surface area contributed by atoms with Gasteiger partial charge in [0, 0.05) is 13.3 Å². The number of nitrogens with zero attached hydrogens (tertiary/aromatic N) is 1. The van der Waals surface area contributed by atoms with Crippen molar-refractivity contribution in [1.82, 2.24) is 4.98 Å². The first-order valence-electron chi connectivity index (χ1n) is 4.76. The summed E-state index contributed by atoms with van der Waals surface area (Å²) in [4.78, 5) is 15.5. The molecule has 1 heterocycles. The number of carbonyl (C=O) groups excluding carboxylic acids is 1. The Kier molecular flexibility index (Phi) is 4.93. The summed E-state index contributed by atoms with van der Waals surface area (Å²) in [5, 5.41) is 0. The predicted molar refractivity (Wildman–Crippen MR) is 56.0 cm³/mol. The van der Waals surface area contributed by atoms with Crippen molar-refractivity contribution in [3.05, 3.63) is 29.6 Å². The third-order valence-electron chi connectivity index (χ3n) is 1.86. The molecule has 15 heavy (non-hydrogen) atoms. The minimum atomic E-state index is -0.105. The molecule has 0 aliphatic carbocycles. The van der Waals surface area contributed by atoms with Crippen LogP contribution in [-0.2, 0) is 9.47 Å². The van der Waals surface area contributed by atoms with E-state index in [1.807, 2.05) is 13.0 Å². The van der Waals surface area contributed by atoms with Crippen LogP contribution in [0.25, 0.3) is 0 Å². The quantitative estimate of drug-likeness (QED) is 0.522. The molecule has 1 rings (SSSR count). The van der Waals surface area contributed by atoms with Crippen molar-refractivity contribution in [3.63, 3.8) is 0 Å². The number of ketones is 1. The minimum absolute atomic E-state index is 0.0550. The van der Waals surface area contributed by atoms with Crippen molar-refractivity contribution < 1.29 is 14.3 Å². The lowest BCUT2D eigenvalue weighted by atomic mass is 10.2. The standard InChI is InChI=1S/C11H15NO3/c1-9-3-4-10(12-7-9)11(13)8-15-6-5-14-2/h3-4,7H,5-6,8H2,1-2H3. The van der Waals surface area contributed by atoms with E-state index in [2.05, 4.69) is 4.98 Å². The van der Waals surface area contributed by atoms with Crippen LogP contribution in [0, 0.1) is 6.92 Å². The fourth-order valence-electron chi connectivity index (χ4n) is 1.01. The van der Waals surface area contributed by atoms with Gasteiger partial charge in [0.2, 0.25) is 5.78 Å². The van der Waals surface area contributed by atoms with Crippen LogP contribution >= 0.6 is 0 Å². The van der Waals surface area contributed by atoms with Crippen LogP contribution in [0.5, 0.6) is 0 Å². The van der Waals surface area contributed by atoms with Gasteiger partial charge in [0.25, 0.3) is 0 Å². The molecule has 0 fully saturated rings. The van der Waals surface area contributed by atoms with E-state index in [-0.39, 0.29) is 12.4 Å². The number of aryl methyl sites for hydroxylation is 1. The lowest BCUT2D eigenvalue weighted by Gasteiger charge is -2.02. The Hall–Kier alpha value is -1.26. The smallest absolute Gasteiger partial charge is 0.206 e. The maximum absolute atomic E-state index is 11.5. The van der Waals surface area contributed by atoms with Crippen molar-refractivity contribution in [3.8, 4) is 0 Å². The number of Topliss-reactive ketones (excluding diaryl/α,β-unsaturated/α-hetero) is 1. The van der Waals surface area contributed by atoms with Gasteiger partial charge in [0.1, 0.15) is 12.3 Å². The third kappa shape index (κ3) is 4.18. The van der Waals surface area contributed by atoms with Gasteiger partial charge in [-0.3, -0.25) is 9.78 Å². The van der Waals surface area contributed by atoms with Gasteiger partial charge >= 0.3 is 0 Å². The van der Waals surface area contributed by atoms with Gasteiger partial charge in [-0.05, 0) is 18.6 Å². The van der Waals surface area contributed by atoms with Crippen LogP contribution in [0.3, 0.4) is 0 Å². The number of ether oxygens (including phenoxy) is 2. The van der Waals surface area contributed by atoms with Crippen LogP contribution in [0.2, 0.25) is 0 Å². The third-order valence-corrected chi connectivity index (χ3v) is 1.86. The molecule has 0 atom stereocenters. The average molecular weight is 209 g/mol. The lowest BCUT2D eigenvalue weighted by molar-refractivity contribution is 0.0573. The van der Waals surface area contributed by atoms with E-state index in [9.17, 15) is 4.79 Å². The second-order valence-electron chi connectivity index (χ2n) is 3.19. The molecule has 4 heteroatoms. The number of rotatable bonds is 6. The van der Waals surface area contributed by atoms with Crippen molar-refractivity contribution in [1.29, 1.82) is 0 Å². The molecule has 1 aromatic heterocycles. The van der Waals surface area contributed by atoms with Gasteiger partial charge in [-0.2, -0.15) is 0 Å². The molecule has 0 amide bonds. The average Bonchev–Trinajstić information content (AvgIpc) is 2.25. The second-order valence-corrected chi connectivity index (χ2v) is 3.19. The molecule has 0 radical (unpaired) electrons. The molecule has 4 nitrogen and oxygen atoms in total. The zero-order valence-corrected chi connectivity index (χ0v) is 9.03. The number of hydrogen-bond acceptors (Lipinski definition) is 4. The molecule has 0 aromatic carbocycles. The highest BCUT2D eigenvalue weighted by Crippen LogP contribution is 1.99. The van der Waals surface area contributed by atoms with E-state index in [1.165, 1.54) is 0 Å². The van der Waals surface area contributed by atoms with Gasteiger partial charge in [-0.1, -0.05) is 6.07 Å². The van der Waals surface area contributed by atoms with Crippen LogP contribution in [0.1, 0.15) is 16.1 Å². The highest BCUT2D eigenvalue weighted by molar-refractivity contribution is 5.95. The van der Waals surface area contributed by atoms with Crippen molar-refractivity contribution in [2.45, 2.75) is 6.92 Å². The molecule has 0 spiro atoms. The fraction of sp³-hybridized carbons (Fsp3) is 0.455. The highest BCUT2D eigenvalue weighted by Gasteiger charge is 2.06. The number of hydrogen-bond donors (Lipinski definition) is 0. The largest absolute Gasteiger partial charge is 0.382 e. The summed E-state index contributed by atoms with van der Waals surface area (Å²) >= 11 is 0. The Balaban J connectivity index is 2.37. The zero-order valence-electron chi connectivity index (χ0n) is 9.03. The van der Waals surface area contributed by atoms with E-state index in [0.717, 1.165) is 5.56 Å². The van der Waals surface area contributed by atoms with Gasteiger partial charge < -0.3 is 9.47 Å². The Morgan fingerprint density at radius 3 is 2.80 bits per heavy atom. The molecule has 0 aliphatic heterocycles. The van der Waals surface area contributed by atoms with Gasteiger partial charge in [-0.25, -0.2) is 0 Å². The first-order valence-corrected chi connectivity index (χ1v) is 4.76. The molecule has 0 saturated heterocycles. The van der Waals surface area contributed by atoms with Crippen LogP contribution in [0.15, 0.2) is 18.3 Å². The van der Waals surface area contributed by atoms with Gasteiger partial charge in [0.15, 0.2) is 0 Å². The van der Waals surface area contributed by atoms with E-state index in [0.29, 0.717) is 18.9 Å². The number of carbonyl (C=O) groups is 1. The number of methoxy groups -OCH3 is 1. The summed E-state index contributed by atoms with van der Waals surface area (Å²) in [5.41, 5.74) is 1.48. The number of aromatic nitrogens is 1. The molecule has 82 valence electrons. The zero-order chi connectivity index (χ0) is 11.1. The van der Waals surface area contributed by atoms with Crippen LogP contribution < -0.4 is 0 Å². The maximum atomic E-state index is 11.5. The number of pyridine rings is 1. The summed E-state index contributed by atoms with van der Waals surface area (Å²) in [5.74, 6) is -0.105. The van der Waals surface area contributed by atoms with Gasteiger partial charge in [-0.15, -0.1) is 0 Å². The summed E-state index contributed by atoms with van der Waals surface area (Å²) in [6.07, 6.45) is 1.67. The first-order chi connectivity index (χ1) is 7.24. The van der Waals surface area contributed by atoms with Gasteiger partial charge in [0.05, 0.1) is 13.2 Å². The Morgan fingerprint density at radius 2 is 2.20 bits per heavy atom. The summed E-state index contributed by atoms with van der Waals surface area (Å²) in [6.45, 7) is 2.90. The molecule has 0 unspecified atom stereocenters. The van der Waals surface area contributed by atoms with E-state index in [1.54, 1.807) is 19.4 Å². The predicted octanol–water partition coefficient (Wildman–Crippen LogP) is 1.24. The fourth-order valence-corrected chi connectivity index (χ4v) is 1.01. The second kappa shape index (κ2) is 6.27. The van der Waals surface area contributed by atoms with E-state index >= 15 is 0 Å². The van der Waals surface area contributed by atoms with Crippen molar-refractivity contribution >= 4 is 5.78 Å². The maximum Gasteiger partial charge on any atom is 0.206 e. The Morgan fingerprint density at radius 1 is 1.40 bits per heavy atom. The monoisotopic (exact) mass is 209 g/mol. The van der Waals surface area contributed by atoms with E-state index < -0.39 is 0 Å². The molecule has 0 saturated carbocycles. The SMILES string of the molecule is COCCOCC(=O)c1ccc(C)cn1. The normalized spacial score (nSPS) is 10.3. The van der Waals surface area contributed by atoms with Crippen LogP contribution in [-0.4, -0.2) is 37.7 Å². The summed E-state index contributed by atoms with van der Waals surface area (Å²) < 4.78 is 9.90. The first kappa shape index (κ1) is 11.8. The summed E-state index contributed by atoms with van der Waals surface area (Å²) in [6, 6.07) is 3.56. The molecule has 1 aromatic rings. The lowest BCUT2D eigenvalue weighted by Crippen LogP contribution is -2.13. The Bertz CT molecular complexity index is 308. The van der Waals surface area contributed by atoms with E-state index in [4.69, 9.17) is 9.47 Å². The minimum Gasteiger partial charge on any atom is -0.382 e. The van der Waals surface area contributed by atoms with Crippen LogP contribution in [0.4, 0.5) is 0 Å². The topological polar surface area (TPSA) is 48.4 Å². The summed E-state index contributed by atoms with van der Waals surface area (Å²) in [7, 11) is 1.59. The highest BCUT2D eigenvalue weighted by atomic mass is 16.5. The molecule has 0 N–H and O–H groups in total. The molecule has 0 aliphatic rings. The van der Waals surface area contributed by atoms with Crippen molar-refractivity contribution in [2.24, 2.45) is 0 Å². The van der Waals surface area contributed by atoms with Crippen molar-refractivity contribution in [2.75, 3.05) is 26.9 Å². The molecule has 0 bridgehead atoms. The Labute approximate surface area is 89.2 Å².